The zero-order valence-electron chi connectivity index (χ0n) is 9.53. The summed E-state index contributed by atoms with van der Waals surface area (Å²) < 4.78 is 5.03. The van der Waals surface area contributed by atoms with Crippen molar-refractivity contribution in [1.82, 2.24) is 10.6 Å². The predicted molar refractivity (Wildman–Crippen MR) is 68.7 cm³/mol. The lowest BCUT2D eigenvalue weighted by atomic mass is 10.1. The Balaban J connectivity index is 0.00000144. The normalized spacial score (nSPS) is 13.1. The third kappa shape index (κ3) is 3.39. The molecule has 1 aromatic carbocycles. The number of nitrogens with one attached hydrogen (secondary N) is 2. The number of allylic oxidation sites excluding steroid dienone is 1. The van der Waals surface area contributed by atoms with Gasteiger partial charge in [0.2, 0.25) is 0 Å². The summed E-state index contributed by atoms with van der Waals surface area (Å²) in [5.74, 6) is 1.53. The average molecular weight is 255 g/mol. The van der Waals surface area contributed by atoms with Crippen LogP contribution < -0.4 is 15.4 Å². The van der Waals surface area contributed by atoms with Crippen molar-refractivity contribution in [1.29, 1.82) is 0 Å². The molecule has 2 N–H and O–H groups in total. The van der Waals surface area contributed by atoms with Crippen molar-refractivity contribution in [3.8, 4) is 5.75 Å². The fourth-order valence-electron chi connectivity index (χ4n) is 1.53. The van der Waals surface area contributed by atoms with Gasteiger partial charge in [0, 0.05) is 24.7 Å². The Kier molecular flexibility index (Phi) is 4.84. The number of halogens is 1. The van der Waals surface area contributed by atoms with E-state index in [1.807, 2.05) is 0 Å². The molecule has 0 atom stereocenters. The monoisotopic (exact) mass is 254 g/mol. The first-order valence-electron chi connectivity index (χ1n) is 5.17. The molecule has 0 saturated carbocycles. The molecule has 0 amide bonds. The Morgan fingerprint density at radius 2 is 1.82 bits per heavy atom. The topological polar surface area (TPSA) is 50.4 Å². The zero-order chi connectivity index (χ0) is 11.4. The number of ketones is 1. The van der Waals surface area contributed by atoms with Crippen LogP contribution in [0.3, 0.4) is 0 Å². The van der Waals surface area contributed by atoms with Gasteiger partial charge in [-0.05, 0) is 24.3 Å². The lowest BCUT2D eigenvalue weighted by molar-refractivity contribution is 0.104. The summed E-state index contributed by atoms with van der Waals surface area (Å²) >= 11 is 0. The minimum atomic E-state index is -0.0143. The molecule has 1 heterocycles. The molecule has 0 aliphatic carbocycles. The molecule has 1 aliphatic rings. The molecule has 17 heavy (non-hydrogen) atoms. The summed E-state index contributed by atoms with van der Waals surface area (Å²) in [5.41, 5.74) is 0.656. The first-order valence-corrected chi connectivity index (χ1v) is 5.17. The van der Waals surface area contributed by atoms with Crippen molar-refractivity contribution in [2.24, 2.45) is 0 Å². The van der Waals surface area contributed by atoms with Crippen molar-refractivity contribution < 1.29 is 9.53 Å². The quantitative estimate of drug-likeness (QED) is 0.631. The number of carbonyl (C=O) groups excluding carboxylic acids is 1. The van der Waals surface area contributed by atoms with E-state index >= 15 is 0 Å². The van der Waals surface area contributed by atoms with E-state index in [1.54, 1.807) is 37.5 Å². The zero-order valence-corrected chi connectivity index (χ0v) is 10.3. The van der Waals surface area contributed by atoms with Gasteiger partial charge in [0.15, 0.2) is 5.78 Å². The van der Waals surface area contributed by atoms with Crippen molar-refractivity contribution in [3.05, 3.63) is 41.7 Å². The molecular weight excluding hydrogens is 240 g/mol. The van der Waals surface area contributed by atoms with Gasteiger partial charge < -0.3 is 15.4 Å². The fourth-order valence-corrected chi connectivity index (χ4v) is 1.53. The molecule has 0 spiro atoms. The second-order valence-corrected chi connectivity index (χ2v) is 3.50. The second-order valence-electron chi connectivity index (χ2n) is 3.50. The van der Waals surface area contributed by atoms with E-state index in [9.17, 15) is 4.79 Å². The molecule has 5 heteroatoms. The fraction of sp³-hybridized carbons (Fsp3) is 0.250. The minimum Gasteiger partial charge on any atom is -0.497 e. The molecule has 1 saturated heterocycles. The number of carbonyl (C=O) groups is 1. The molecular formula is C12H15ClN2O2. The van der Waals surface area contributed by atoms with E-state index in [1.165, 1.54) is 0 Å². The van der Waals surface area contributed by atoms with Gasteiger partial charge in [-0.1, -0.05) is 0 Å². The number of hydrogen-bond acceptors (Lipinski definition) is 4. The Hall–Kier alpha value is -1.68. The Morgan fingerprint density at radius 3 is 2.35 bits per heavy atom. The molecule has 0 aromatic heterocycles. The van der Waals surface area contributed by atoms with Gasteiger partial charge in [-0.25, -0.2) is 0 Å². The van der Waals surface area contributed by atoms with Gasteiger partial charge in [-0.2, -0.15) is 0 Å². The first-order chi connectivity index (χ1) is 7.79. The van der Waals surface area contributed by atoms with Crippen LogP contribution in [0.25, 0.3) is 0 Å². The number of ether oxygens (including phenoxy) is 1. The molecule has 4 nitrogen and oxygen atoms in total. The standard InChI is InChI=1S/C12H14N2O2.ClH/c1-16-10-4-2-9(3-5-10)11(15)8-12-13-6-7-14-12;/h2-5,8,13-14H,6-7H2,1H3;1H. The molecule has 1 aromatic rings. The maximum Gasteiger partial charge on any atom is 0.189 e. The van der Waals surface area contributed by atoms with Crippen molar-refractivity contribution in [2.45, 2.75) is 0 Å². The largest absolute Gasteiger partial charge is 0.497 e. The smallest absolute Gasteiger partial charge is 0.189 e. The van der Waals surface area contributed by atoms with Gasteiger partial charge >= 0.3 is 0 Å². The van der Waals surface area contributed by atoms with E-state index in [2.05, 4.69) is 10.6 Å². The van der Waals surface area contributed by atoms with Crippen LogP contribution in [-0.4, -0.2) is 26.0 Å². The highest BCUT2D eigenvalue weighted by atomic mass is 35.5. The summed E-state index contributed by atoms with van der Waals surface area (Å²) in [6, 6.07) is 7.07. The first kappa shape index (κ1) is 13.4. The highest BCUT2D eigenvalue weighted by Gasteiger charge is 2.08. The molecule has 1 fully saturated rings. The van der Waals surface area contributed by atoms with Crippen LogP contribution in [0.4, 0.5) is 0 Å². The van der Waals surface area contributed by atoms with Crippen LogP contribution in [0, 0.1) is 0 Å². The van der Waals surface area contributed by atoms with Gasteiger partial charge in [0.1, 0.15) is 11.6 Å². The molecule has 0 unspecified atom stereocenters. The lowest BCUT2D eigenvalue weighted by Gasteiger charge is -2.01. The average Bonchev–Trinajstić information content (AvgIpc) is 2.82. The summed E-state index contributed by atoms with van der Waals surface area (Å²) in [6.07, 6.45) is 1.58. The second kappa shape index (κ2) is 6.15. The van der Waals surface area contributed by atoms with Crippen LogP contribution in [0.5, 0.6) is 5.75 Å². The van der Waals surface area contributed by atoms with E-state index in [0.29, 0.717) is 5.56 Å². The van der Waals surface area contributed by atoms with Crippen LogP contribution >= 0.6 is 12.4 Å². The van der Waals surface area contributed by atoms with E-state index < -0.39 is 0 Å². The van der Waals surface area contributed by atoms with E-state index in [-0.39, 0.29) is 18.2 Å². The summed E-state index contributed by atoms with van der Waals surface area (Å²) in [6.45, 7) is 1.73. The summed E-state index contributed by atoms with van der Waals surface area (Å²) in [5, 5.41) is 6.17. The van der Waals surface area contributed by atoms with Crippen molar-refractivity contribution in [3.63, 3.8) is 0 Å². The number of rotatable bonds is 3. The molecule has 92 valence electrons. The van der Waals surface area contributed by atoms with Gasteiger partial charge in [0.05, 0.1) is 7.11 Å². The van der Waals surface area contributed by atoms with Gasteiger partial charge in [-0.3, -0.25) is 4.79 Å². The third-order valence-electron chi connectivity index (χ3n) is 2.41. The summed E-state index contributed by atoms with van der Waals surface area (Å²) in [4.78, 5) is 11.8. The van der Waals surface area contributed by atoms with Crippen LogP contribution in [0.2, 0.25) is 0 Å². The van der Waals surface area contributed by atoms with Gasteiger partial charge in [-0.15, -0.1) is 12.4 Å². The molecule has 1 aliphatic heterocycles. The van der Waals surface area contributed by atoms with Crippen LogP contribution in [0.1, 0.15) is 10.4 Å². The van der Waals surface area contributed by atoms with Gasteiger partial charge in [0.25, 0.3) is 0 Å². The van der Waals surface area contributed by atoms with Crippen molar-refractivity contribution in [2.75, 3.05) is 20.2 Å². The maximum absolute atomic E-state index is 11.8. The maximum atomic E-state index is 11.8. The van der Waals surface area contributed by atoms with E-state index in [0.717, 1.165) is 24.7 Å². The minimum absolute atomic E-state index is 0. The van der Waals surface area contributed by atoms with E-state index in [4.69, 9.17) is 4.74 Å². The molecule has 0 bridgehead atoms. The van der Waals surface area contributed by atoms with Crippen LogP contribution in [0.15, 0.2) is 36.2 Å². The van der Waals surface area contributed by atoms with Crippen molar-refractivity contribution >= 4 is 18.2 Å². The highest BCUT2D eigenvalue weighted by Crippen LogP contribution is 2.12. The summed E-state index contributed by atoms with van der Waals surface area (Å²) in [7, 11) is 1.60. The molecule has 0 radical (unpaired) electrons. The lowest BCUT2D eigenvalue weighted by Crippen LogP contribution is -2.12. The predicted octanol–water partition coefficient (Wildman–Crippen LogP) is 1.33. The Bertz CT molecular complexity index is 407. The highest BCUT2D eigenvalue weighted by molar-refractivity contribution is 6.04. The van der Waals surface area contributed by atoms with Crippen LogP contribution in [-0.2, 0) is 0 Å². The SMILES string of the molecule is COc1ccc(C(=O)C=C2NCCN2)cc1.Cl. The third-order valence-corrected chi connectivity index (χ3v) is 2.41. The number of methoxy groups -OCH3 is 1. The number of benzene rings is 1. The Labute approximate surface area is 106 Å². The molecule has 2 rings (SSSR count). The Morgan fingerprint density at radius 1 is 1.24 bits per heavy atom. The number of hydrogen-bond donors (Lipinski definition) is 2.